The van der Waals surface area contributed by atoms with Crippen LogP contribution in [0, 0.1) is 33.5 Å². The third-order valence-corrected chi connectivity index (χ3v) is 20.3. The molecule has 0 aliphatic carbocycles. The van der Waals surface area contributed by atoms with Crippen LogP contribution in [-0.4, -0.2) is 354 Å². The number of rotatable bonds is 77. The number of carbonyl (C=O) groups is 3. The molecular weight excluding hydrogens is 1590 g/mol. The summed E-state index contributed by atoms with van der Waals surface area (Å²) in [5.74, 6) is -2.24. The first-order chi connectivity index (χ1) is 55.8. The Morgan fingerprint density at radius 2 is 0.638 bits per heavy atom. The molecule has 0 aliphatic heterocycles. The van der Waals surface area contributed by atoms with E-state index in [1.807, 2.05) is 60.7 Å². The fourth-order valence-electron chi connectivity index (χ4n) is 10.6. The average Bonchev–Trinajstić information content (AvgIpc) is 0.774. The van der Waals surface area contributed by atoms with E-state index >= 15 is 0 Å². The number of nitrogens with one attached hydrogen (secondary N) is 1. The van der Waals surface area contributed by atoms with Gasteiger partial charge in [0.25, 0.3) is 5.08 Å². The van der Waals surface area contributed by atoms with E-state index < -0.39 is 113 Å². The maximum atomic E-state index is 13.4. The van der Waals surface area contributed by atoms with Crippen molar-refractivity contribution in [3.63, 3.8) is 0 Å². The number of carbonyl (C=O) groups excluding carboxylic acids is 3. The number of aliphatic hydroxyl groups excluding tert-OH is 6. The van der Waals surface area contributed by atoms with E-state index in [2.05, 4.69) is 5.32 Å². The second-order valence-corrected chi connectivity index (χ2v) is 30.7. The van der Waals surface area contributed by atoms with Gasteiger partial charge in [0.05, 0.1) is 166 Å². The summed E-state index contributed by atoms with van der Waals surface area (Å²) < 4.78 is 154. The third kappa shape index (κ3) is 53.0. The van der Waals surface area contributed by atoms with Gasteiger partial charge in [-0.1, -0.05) is 60.7 Å². The van der Waals surface area contributed by atoms with E-state index in [1.54, 1.807) is 42.7 Å². The van der Waals surface area contributed by atoms with Crippen LogP contribution in [-0.2, 0) is 150 Å². The predicted octanol–water partition coefficient (Wildman–Crippen LogP) is 1.17. The number of hydrogen-bond acceptors (Lipinski definition) is 36. The molecular formula is C73H133NO40P2. The molecule has 2 aromatic rings. The summed E-state index contributed by atoms with van der Waals surface area (Å²) in [5, 5.41) is 62.8. The molecule has 116 heavy (non-hydrogen) atoms. The highest BCUT2D eigenvalue weighted by Crippen LogP contribution is 2.68. The Morgan fingerprint density at radius 1 is 0.362 bits per heavy atom. The molecule has 2 rings (SSSR count). The van der Waals surface area contributed by atoms with E-state index in [0.29, 0.717) is 65.0 Å². The minimum Gasteiger partial charge on any atom is -0.461 e. The number of ether oxygens (including phenoxy) is 24. The zero-order valence-corrected chi connectivity index (χ0v) is 70.0. The van der Waals surface area contributed by atoms with Gasteiger partial charge in [-0.25, -0.2) is 0 Å². The van der Waals surface area contributed by atoms with Gasteiger partial charge in [0.15, 0.2) is 0 Å². The van der Waals surface area contributed by atoms with Crippen LogP contribution >= 0.6 is 15.2 Å². The topological polar surface area (TPSA) is 541 Å². The van der Waals surface area contributed by atoms with Crippen LogP contribution < -0.4 is 5.32 Å². The van der Waals surface area contributed by atoms with Crippen LogP contribution in [0.1, 0.15) is 63.0 Å². The summed E-state index contributed by atoms with van der Waals surface area (Å²) in [5.41, 5.74) is -1.39. The second kappa shape index (κ2) is 70.5. The lowest BCUT2D eigenvalue weighted by atomic mass is 9.92. The molecule has 41 nitrogen and oxygen atoms in total. The van der Waals surface area contributed by atoms with Gasteiger partial charge in [-0.15, -0.1) is 0 Å². The molecule has 2 unspecified atom stereocenters. The number of amides is 1. The number of benzene rings is 2. The lowest BCUT2D eigenvalue weighted by Crippen LogP contribution is -2.42. The molecule has 0 fully saturated rings. The summed E-state index contributed by atoms with van der Waals surface area (Å²) in [6.07, 6.45) is 1.77. The zero-order chi connectivity index (χ0) is 86.4. The molecule has 12 N–H and O–H groups in total. The van der Waals surface area contributed by atoms with E-state index in [-0.39, 0.29) is 185 Å². The van der Waals surface area contributed by atoms with Crippen LogP contribution in [0.25, 0.3) is 0 Å². The first-order valence-electron chi connectivity index (χ1n) is 37.1. The first kappa shape index (κ1) is 112. The molecule has 0 saturated heterocycles. The van der Waals surface area contributed by atoms with Gasteiger partial charge in [0, 0.05) is 89.0 Å². The maximum absolute atomic E-state index is 13.4. The van der Waals surface area contributed by atoms with Gasteiger partial charge in [-0.2, -0.15) is 0 Å². The largest absolute Gasteiger partial charge is 0.461 e. The molecule has 0 bridgehead atoms. The van der Waals surface area contributed by atoms with E-state index in [0.717, 1.165) is 18.1 Å². The SMILES string of the molecule is CC(=O)NCCC(O)(P(=O)(O)O)P(=O)(O)O.COCCOCC(COCCCC(CCOCC(COCOC)(COCOC)COCOC)C(=O)OCc1ccccc1)(COCOC)COCOC.O=C(OCc1ccccc1)C(CCCOCC(COCO)(COCO)COCCO)CCOCC(COCO)(COCO)COCO. The lowest BCUT2D eigenvalue weighted by Gasteiger charge is -2.33. The fraction of sp³-hybridized carbons (Fsp3) is 0.795. The highest BCUT2D eigenvalue weighted by molar-refractivity contribution is 7.72. The molecule has 0 spiro atoms. The minimum absolute atomic E-state index is 0.0121. The Morgan fingerprint density at radius 3 is 0.905 bits per heavy atom. The van der Waals surface area contributed by atoms with Crippen molar-refractivity contribution in [2.45, 2.75) is 70.2 Å². The molecule has 2 atom stereocenters. The van der Waals surface area contributed by atoms with Crippen LogP contribution in [0.2, 0.25) is 0 Å². The molecule has 43 heteroatoms. The molecule has 0 radical (unpaired) electrons. The number of methoxy groups -OCH3 is 6. The molecule has 1 amide bonds. The van der Waals surface area contributed by atoms with Crippen molar-refractivity contribution >= 4 is 33.0 Å². The highest BCUT2D eigenvalue weighted by Gasteiger charge is 2.59. The third-order valence-electron chi connectivity index (χ3n) is 16.4. The van der Waals surface area contributed by atoms with Gasteiger partial charge in [0.1, 0.15) is 81.1 Å². The Kier molecular flexibility index (Phi) is 68.1. The summed E-state index contributed by atoms with van der Waals surface area (Å²) in [6.45, 7) is 2.65. The zero-order valence-electron chi connectivity index (χ0n) is 68.2. The summed E-state index contributed by atoms with van der Waals surface area (Å²) in [6, 6.07) is 18.8. The smallest absolute Gasteiger partial charge is 0.369 e. The van der Waals surface area contributed by atoms with Gasteiger partial charge in [-0.05, 0) is 49.7 Å². The summed E-state index contributed by atoms with van der Waals surface area (Å²) in [4.78, 5) is 71.8. The number of hydrogen-bond donors (Lipinski definition) is 12. The van der Waals surface area contributed by atoms with Crippen molar-refractivity contribution in [2.24, 2.45) is 33.5 Å². The van der Waals surface area contributed by atoms with Crippen molar-refractivity contribution in [2.75, 3.05) is 276 Å². The Balaban J connectivity index is 0.00000192. The van der Waals surface area contributed by atoms with Gasteiger partial charge >= 0.3 is 27.1 Å². The quantitative estimate of drug-likeness (QED) is 0.0191. The van der Waals surface area contributed by atoms with Crippen molar-refractivity contribution in [1.29, 1.82) is 0 Å². The van der Waals surface area contributed by atoms with Crippen LogP contribution in [0.4, 0.5) is 0 Å². The average molecular weight is 1730 g/mol. The van der Waals surface area contributed by atoms with Crippen molar-refractivity contribution in [3.05, 3.63) is 71.8 Å². The second-order valence-electron chi connectivity index (χ2n) is 26.7. The van der Waals surface area contributed by atoms with E-state index in [4.69, 9.17) is 154 Å². The normalized spacial score (nSPS) is 12.9. The van der Waals surface area contributed by atoms with Crippen molar-refractivity contribution in [3.8, 4) is 0 Å². The maximum Gasteiger partial charge on any atom is 0.369 e. The Hall–Kier alpha value is -4.01. The first-order valence-corrected chi connectivity index (χ1v) is 40.3. The molecule has 0 aromatic heterocycles. The minimum atomic E-state index is -5.43. The van der Waals surface area contributed by atoms with Gasteiger partial charge < -0.3 is 174 Å². The Labute approximate surface area is 679 Å². The van der Waals surface area contributed by atoms with Crippen LogP contribution in [0.5, 0.6) is 0 Å². The summed E-state index contributed by atoms with van der Waals surface area (Å²) in [7, 11) is -1.47. The van der Waals surface area contributed by atoms with E-state index in [9.17, 15) is 38.8 Å². The van der Waals surface area contributed by atoms with E-state index in [1.165, 1.54) is 0 Å². The lowest BCUT2D eigenvalue weighted by molar-refractivity contribution is -0.165. The molecule has 0 heterocycles. The molecule has 0 saturated carbocycles. The molecule has 2 aromatic carbocycles. The fourth-order valence-corrected chi connectivity index (χ4v) is 12.8. The van der Waals surface area contributed by atoms with Gasteiger partial charge in [0.2, 0.25) is 5.91 Å². The van der Waals surface area contributed by atoms with Crippen molar-refractivity contribution in [1.82, 2.24) is 5.32 Å². The predicted molar refractivity (Wildman–Crippen MR) is 407 cm³/mol. The van der Waals surface area contributed by atoms with Crippen LogP contribution in [0.3, 0.4) is 0 Å². The molecule has 0 aliphatic rings. The van der Waals surface area contributed by atoms with Crippen molar-refractivity contribution < 1.29 is 193 Å². The number of esters is 2. The van der Waals surface area contributed by atoms with Crippen LogP contribution in [0.15, 0.2) is 60.7 Å². The number of aliphatic hydroxyl groups is 7. The molecule has 680 valence electrons. The monoisotopic (exact) mass is 1730 g/mol. The standard InChI is InChI=1S/C37H66O16.C31H54O16.C5H13NO8P2/c1-39-17-18-47-22-36(23-48-28-40-2,24-49-29-41-3)20-45-15-10-13-34(35(38)53-19-33-11-8-7-9-12-33)14-16-46-21-37(25-50-30-42-4,26-51-31-43-5)27-52-32-44-6;32-9-12-41-16-30(17-42-22-33,18-43-23-34)14-39-10-4-7-28(29(38)47-13-27-5-2-1-3-6-27)8-11-40-15-31(19-44-24-35,20-45-25-36)21-46-26-37;1-4(7)6-3-2-5(8,15(9,10)11)16(12,13)14/h7-9,11-12,34H,10,13-32H2,1-6H3;1-3,5-6,28,32-37H,4,7-26H2;8H,2-3H2,1H3,(H,6,7)(H2,9,10,11)(H2,12,13,14). The Bertz CT molecular complexity index is 2640. The van der Waals surface area contributed by atoms with Gasteiger partial charge in [-0.3, -0.25) is 23.5 Å². The highest BCUT2D eigenvalue weighted by atomic mass is 31.2. The summed E-state index contributed by atoms with van der Waals surface area (Å²) >= 11 is 0.